The Morgan fingerprint density at radius 1 is 1.48 bits per heavy atom. The Hall–Kier alpha value is -2.70. The van der Waals surface area contributed by atoms with Crippen molar-refractivity contribution >= 4 is 11.6 Å². The van der Waals surface area contributed by atoms with E-state index < -0.39 is 0 Å². The smallest absolute Gasteiger partial charge is 0.241 e. The maximum absolute atomic E-state index is 11.2. The summed E-state index contributed by atoms with van der Waals surface area (Å²) in [5.41, 5.74) is 1.71. The summed E-state index contributed by atoms with van der Waals surface area (Å²) >= 11 is 0. The van der Waals surface area contributed by atoms with Crippen LogP contribution >= 0.6 is 0 Å². The van der Waals surface area contributed by atoms with Gasteiger partial charge in [-0.1, -0.05) is 6.07 Å². The molecule has 0 aliphatic heterocycles. The van der Waals surface area contributed by atoms with Crippen molar-refractivity contribution in [2.45, 2.75) is 13.1 Å². The fourth-order valence-electron chi connectivity index (χ4n) is 1.82. The first-order valence-electron chi connectivity index (χ1n) is 6.45. The maximum atomic E-state index is 11.2. The van der Waals surface area contributed by atoms with Gasteiger partial charge in [0.2, 0.25) is 5.91 Å². The third-order valence-electron chi connectivity index (χ3n) is 2.96. The Morgan fingerprint density at radius 3 is 2.95 bits per heavy atom. The number of rotatable bonds is 6. The van der Waals surface area contributed by atoms with Crippen LogP contribution in [0.5, 0.6) is 11.5 Å². The third-order valence-corrected chi connectivity index (χ3v) is 2.96. The van der Waals surface area contributed by atoms with Crippen LogP contribution in [0.4, 0.5) is 5.69 Å². The molecule has 7 heteroatoms. The quantitative estimate of drug-likeness (QED) is 0.737. The number of amides is 1. The summed E-state index contributed by atoms with van der Waals surface area (Å²) in [4.78, 5) is 11.2. The summed E-state index contributed by atoms with van der Waals surface area (Å²) in [6, 6.07) is 5.21. The lowest BCUT2D eigenvalue weighted by molar-refractivity contribution is -0.121. The summed E-state index contributed by atoms with van der Waals surface area (Å²) in [6.45, 7) is 0.713. The molecule has 0 saturated heterocycles. The van der Waals surface area contributed by atoms with Crippen LogP contribution in [0.1, 0.15) is 5.56 Å². The normalized spacial score (nSPS) is 10.2. The lowest BCUT2D eigenvalue weighted by Gasteiger charge is -2.07. The zero-order valence-corrected chi connectivity index (χ0v) is 12.0. The number of hydrogen-bond donors (Lipinski definition) is 3. The second kappa shape index (κ2) is 6.65. The molecule has 0 unspecified atom stereocenters. The minimum atomic E-state index is -0.107. The molecule has 0 aliphatic rings. The summed E-state index contributed by atoms with van der Waals surface area (Å²) in [7, 11) is 3.09. The van der Waals surface area contributed by atoms with Gasteiger partial charge >= 0.3 is 0 Å². The standard InChI is InChI=1S/C14H18N4O3/c1-15-14(20)9-18-8-11(7-17-18)16-6-10-3-4-13(21-2)12(19)5-10/h3-5,7-8,16,19H,6,9H2,1-2H3,(H,15,20). The van der Waals surface area contributed by atoms with Gasteiger partial charge in [0.15, 0.2) is 11.5 Å². The van der Waals surface area contributed by atoms with Crippen LogP contribution in [0.2, 0.25) is 0 Å². The van der Waals surface area contributed by atoms with Crippen molar-refractivity contribution in [1.82, 2.24) is 15.1 Å². The summed E-state index contributed by atoms with van der Waals surface area (Å²) in [5, 5.41) is 19.5. The summed E-state index contributed by atoms with van der Waals surface area (Å²) < 4.78 is 6.54. The molecule has 2 aromatic rings. The number of methoxy groups -OCH3 is 1. The van der Waals surface area contributed by atoms with Gasteiger partial charge in [0.25, 0.3) is 0 Å². The molecule has 1 amide bonds. The number of phenolic OH excluding ortho intramolecular Hbond substituents is 1. The third kappa shape index (κ3) is 3.88. The first kappa shape index (κ1) is 14.7. The number of nitrogens with one attached hydrogen (secondary N) is 2. The van der Waals surface area contributed by atoms with E-state index in [4.69, 9.17) is 4.74 Å². The van der Waals surface area contributed by atoms with Crippen molar-refractivity contribution in [3.8, 4) is 11.5 Å². The van der Waals surface area contributed by atoms with E-state index in [1.54, 1.807) is 36.3 Å². The van der Waals surface area contributed by atoms with Crippen LogP contribution < -0.4 is 15.4 Å². The van der Waals surface area contributed by atoms with E-state index in [1.165, 1.54) is 7.11 Å². The van der Waals surface area contributed by atoms with Crippen molar-refractivity contribution < 1.29 is 14.6 Å². The molecule has 112 valence electrons. The van der Waals surface area contributed by atoms with Gasteiger partial charge in [0.05, 0.1) is 19.0 Å². The van der Waals surface area contributed by atoms with E-state index in [2.05, 4.69) is 15.7 Å². The van der Waals surface area contributed by atoms with E-state index in [0.717, 1.165) is 11.3 Å². The first-order chi connectivity index (χ1) is 10.1. The van der Waals surface area contributed by atoms with Gasteiger partial charge in [-0.05, 0) is 17.7 Å². The largest absolute Gasteiger partial charge is 0.504 e. The lowest BCUT2D eigenvalue weighted by Crippen LogP contribution is -2.23. The van der Waals surface area contributed by atoms with E-state index in [-0.39, 0.29) is 18.2 Å². The van der Waals surface area contributed by atoms with Crippen LogP contribution in [-0.4, -0.2) is 35.0 Å². The minimum Gasteiger partial charge on any atom is -0.504 e. The topological polar surface area (TPSA) is 88.4 Å². The number of carbonyl (C=O) groups is 1. The van der Waals surface area contributed by atoms with Gasteiger partial charge in [0.1, 0.15) is 6.54 Å². The van der Waals surface area contributed by atoms with Crippen LogP contribution in [0.3, 0.4) is 0 Å². The fraction of sp³-hybridized carbons (Fsp3) is 0.286. The Labute approximate surface area is 122 Å². The monoisotopic (exact) mass is 290 g/mol. The molecule has 1 aromatic heterocycles. The van der Waals surface area contributed by atoms with Crippen molar-refractivity contribution in [3.63, 3.8) is 0 Å². The minimum absolute atomic E-state index is 0.104. The number of benzene rings is 1. The molecule has 0 aliphatic carbocycles. The average Bonchev–Trinajstić information content (AvgIpc) is 2.92. The molecule has 0 radical (unpaired) electrons. The number of aromatic nitrogens is 2. The predicted octanol–water partition coefficient (Wildman–Crippen LogP) is 0.955. The van der Waals surface area contributed by atoms with Crippen LogP contribution in [0.15, 0.2) is 30.6 Å². The fourth-order valence-corrected chi connectivity index (χ4v) is 1.82. The second-order valence-electron chi connectivity index (χ2n) is 4.46. The molecule has 1 aromatic carbocycles. The number of hydrogen-bond acceptors (Lipinski definition) is 5. The van der Waals surface area contributed by atoms with Gasteiger partial charge < -0.3 is 20.5 Å². The molecule has 0 fully saturated rings. The highest BCUT2D eigenvalue weighted by atomic mass is 16.5. The molecular formula is C14H18N4O3. The Balaban J connectivity index is 1.94. The first-order valence-corrected chi connectivity index (χ1v) is 6.45. The number of carbonyl (C=O) groups excluding carboxylic acids is 1. The molecule has 21 heavy (non-hydrogen) atoms. The van der Waals surface area contributed by atoms with E-state index in [9.17, 15) is 9.90 Å². The molecule has 2 rings (SSSR count). The molecule has 0 atom stereocenters. The lowest BCUT2D eigenvalue weighted by atomic mass is 10.2. The van der Waals surface area contributed by atoms with Gasteiger partial charge in [-0.3, -0.25) is 9.48 Å². The molecule has 0 bridgehead atoms. The highest BCUT2D eigenvalue weighted by Gasteiger charge is 2.05. The van der Waals surface area contributed by atoms with Crippen molar-refractivity contribution in [2.24, 2.45) is 0 Å². The Kier molecular flexibility index (Phi) is 4.65. The van der Waals surface area contributed by atoms with Crippen molar-refractivity contribution in [3.05, 3.63) is 36.2 Å². The maximum Gasteiger partial charge on any atom is 0.241 e. The molecular weight excluding hydrogens is 272 g/mol. The number of likely N-dealkylation sites (N-methyl/N-ethyl adjacent to an activating group) is 1. The zero-order chi connectivity index (χ0) is 15.2. The molecule has 1 heterocycles. The van der Waals surface area contributed by atoms with Gasteiger partial charge in [-0.15, -0.1) is 0 Å². The van der Waals surface area contributed by atoms with Crippen LogP contribution in [-0.2, 0) is 17.9 Å². The Morgan fingerprint density at radius 2 is 2.29 bits per heavy atom. The Bertz CT molecular complexity index is 624. The van der Waals surface area contributed by atoms with Gasteiger partial charge in [-0.2, -0.15) is 5.10 Å². The van der Waals surface area contributed by atoms with E-state index in [1.807, 2.05) is 6.07 Å². The van der Waals surface area contributed by atoms with E-state index >= 15 is 0 Å². The molecule has 7 nitrogen and oxygen atoms in total. The van der Waals surface area contributed by atoms with E-state index in [0.29, 0.717) is 12.3 Å². The zero-order valence-electron chi connectivity index (χ0n) is 12.0. The number of anilines is 1. The number of phenols is 1. The summed E-state index contributed by atoms with van der Waals surface area (Å²) in [6.07, 6.45) is 3.39. The number of aromatic hydroxyl groups is 1. The van der Waals surface area contributed by atoms with Crippen LogP contribution in [0.25, 0.3) is 0 Å². The average molecular weight is 290 g/mol. The summed E-state index contributed by atoms with van der Waals surface area (Å²) in [5.74, 6) is 0.439. The van der Waals surface area contributed by atoms with Gasteiger partial charge in [0, 0.05) is 19.8 Å². The van der Waals surface area contributed by atoms with Crippen LogP contribution in [0, 0.1) is 0 Å². The number of nitrogens with zero attached hydrogens (tertiary/aromatic N) is 2. The second-order valence-corrected chi connectivity index (χ2v) is 4.46. The molecule has 3 N–H and O–H groups in total. The van der Waals surface area contributed by atoms with Gasteiger partial charge in [-0.25, -0.2) is 0 Å². The SMILES string of the molecule is CNC(=O)Cn1cc(NCc2ccc(OC)c(O)c2)cn1. The predicted molar refractivity (Wildman–Crippen MR) is 78.3 cm³/mol. The molecule has 0 spiro atoms. The number of ether oxygens (including phenoxy) is 1. The van der Waals surface area contributed by atoms with Crippen molar-refractivity contribution in [2.75, 3.05) is 19.5 Å². The van der Waals surface area contributed by atoms with Crippen molar-refractivity contribution in [1.29, 1.82) is 0 Å². The molecule has 0 saturated carbocycles. The highest BCUT2D eigenvalue weighted by molar-refractivity contribution is 5.75. The highest BCUT2D eigenvalue weighted by Crippen LogP contribution is 2.26.